The minimum Gasteiger partial charge on any atom is -0.369 e. The molecule has 0 saturated carbocycles. The zero-order chi connectivity index (χ0) is 17.9. The molecule has 2 aliphatic rings. The molecule has 1 fully saturated rings. The van der Waals surface area contributed by atoms with Crippen LogP contribution in [0.2, 0.25) is 0 Å². The van der Waals surface area contributed by atoms with Crippen LogP contribution in [0.3, 0.4) is 0 Å². The molecular weight excluding hydrogens is 318 g/mol. The molecule has 1 unspecified atom stereocenters. The topological polar surface area (TPSA) is 90.7 Å². The molecule has 3 amide bonds. The standard InChI is InChI=1S/C18H23N5O2/c1-22-9-11-23(12-10-22)16(24)18(14-5-3-2-4-6-14)8-7-15(13-20-18)21-17(19)25/h2-8,13,20H,9-12H2,1H3,(H3,19,21,25). The number of primary amides is 1. The summed E-state index contributed by atoms with van der Waals surface area (Å²) in [6.07, 6.45) is 5.11. The molecule has 1 aromatic carbocycles. The van der Waals surface area contributed by atoms with Crippen molar-refractivity contribution in [2.24, 2.45) is 5.73 Å². The van der Waals surface area contributed by atoms with E-state index in [9.17, 15) is 9.59 Å². The Morgan fingerprint density at radius 1 is 1.16 bits per heavy atom. The number of urea groups is 1. The van der Waals surface area contributed by atoms with Gasteiger partial charge in [0.2, 0.25) is 0 Å². The van der Waals surface area contributed by atoms with Crippen LogP contribution >= 0.6 is 0 Å². The summed E-state index contributed by atoms with van der Waals surface area (Å²) in [4.78, 5) is 28.5. The van der Waals surface area contributed by atoms with E-state index >= 15 is 0 Å². The van der Waals surface area contributed by atoms with Crippen LogP contribution < -0.4 is 16.4 Å². The summed E-state index contributed by atoms with van der Waals surface area (Å²) >= 11 is 0. The molecule has 3 rings (SSSR count). The number of rotatable bonds is 3. The number of benzene rings is 1. The highest BCUT2D eigenvalue weighted by atomic mass is 16.2. The van der Waals surface area contributed by atoms with Gasteiger partial charge in [0.1, 0.15) is 0 Å². The number of hydrogen-bond acceptors (Lipinski definition) is 4. The number of nitrogens with zero attached hydrogens (tertiary/aromatic N) is 2. The third-order valence-corrected chi connectivity index (χ3v) is 4.59. The Hall–Kier alpha value is -2.80. The predicted octanol–water partition coefficient (Wildman–Crippen LogP) is 0.325. The van der Waals surface area contributed by atoms with Gasteiger partial charge in [0, 0.05) is 32.4 Å². The lowest BCUT2D eigenvalue weighted by molar-refractivity contribution is -0.138. The van der Waals surface area contributed by atoms with Crippen molar-refractivity contribution in [2.45, 2.75) is 5.54 Å². The van der Waals surface area contributed by atoms with Crippen LogP contribution in [-0.4, -0.2) is 55.0 Å². The van der Waals surface area contributed by atoms with E-state index in [0.717, 1.165) is 18.7 Å². The second-order valence-electron chi connectivity index (χ2n) is 6.34. The third kappa shape index (κ3) is 3.51. The van der Waals surface area contributed by atoms with Gasteiger partial charge in [0.15, 0.2) is 5.54 Å². The highest BCUT2D eigenvalue weighted by Gasteiger charge is 2.41. The fourth-order valence-corrected chi connectivity index (χ4v) is 3.12. The molecule has 0 aromatic heterocycles. The smallest absolute Gasteiger partial charge is 0.316 e. The molecule has 4 N–H and O–H groups in total. The van der Waals surface area contributed by atoms with Gasteiger partial charge in [-0.1, -0.05) is 30.3 Å². The monoisotopic (exact) mass is 341 g/mol. The Bertz CT molecular complexity index is 707. The van der Waals surface area contributed by atoms with Crippen molar-refractivity contribution in [3.63, 3.8) is 0 Å². The lowest BCUT2D eigenvalue weighted by atomic mass is 9.86. The van der Waals surface area contributed by atoms with Crippen molar-refractivity contribution in [3.05, 3.63) is 59.9 Å². The molecule has 2 heterocycles. The molecule has 0 radical (unpaired) electrons. The Labute approximate surface area is 147 Å². The second-order valence-corrected chi connectivity index (χ2v) is 6.34. The first-order valence-corrected chi connectivity index (χ1v) is 8.28. The van der Waals surface area contributed by atoms with E-state index in [-0.39, 0.29) is 5.91 Å². The van der Waals surface area contributed by atoms with E-state index in [1.54, 1.807) is 18.4 Å². The van der Waals surface area contributed by atoms with Crippen LogP contribution in [-0.2, 0) is 10.3 Å². The van der Waals surface area contributed by atoms with Crippen molar-refractivity contribution >= 4 is 11.9 Å². The first-order chi connectivity index (χ1) is 12.0. The zero-order valence-corrected chi connectivity index (χ0v) is 14.2. The fourth-order valence-electron chi connectivity index (χ4n) is 3.12. The Kier molecular flexibility index (Phi) is 4.76. The van der Waals surface area contributed by atoms with E-state index in [2.05, 4.69) is 22.6 Å². The van der Waals surface area contributed by atoms with Crippen LogP contribution in [0.25, 0.3) is 0 Å². The number of likely N-dealkylation sites (N-methyl/N-ethyl adjacent to an activating group) is 1. The quantitative estimate of drug-likeness (QED) is 0.739. The van der Waals surface area contributed by atoms with Gasteiger partial charge in [-0.3, -0.25) is 4.79 Å². The maximum Gasteiger partial charge on any atom is 0.316 e. The maximum atomic E-state index is 13.4. The molecule has 0 aliphatic carbocycles. The lowest BCUT2D eigenvalue weighted by Gasteiger charge is -2.40. The first kappa shape index (κ1) is 17.0. The van der Waals surface area contributed by atoms with Crippen molar-refractivity contribution in [2.75, 3.05) is 33.2 Å². The molecular formula is C18H23N5O2. The summed E-state index contributed by atoms with van der Waals surface area (Å²) in [7, 11) is 2.05. The molecule has 0 bridgehead atoms. The van der Waals surface area contributed by atoms with Gasteiger partial charge in [0.25, 0.3) is 5.91 Å². The predicted molar refractivity (Wildman–Crippen MR) is 95.3 cm³/mol. The molecule has 1 aromatic rings. The van der Waals surface area contributed by atoms with Gasteiger partial charge >= 0.3 is 6.03 Å². The number of nitrogens with one attached hydrogen (secondary N) is 2. The average molecular weight is 341 g/mol. The van der Waals surface area contributed by atoms with E-state index in [1.807, 2.05) is 35.2 Å². The number of amides is 3. The highest BCUT2D eigenvalue weighted by Crippen LogP contribution is 2.29. The molecule has 2 aliphatic heterocycles. The number of nitrogens with two attached hydrogens (primary N) is 1. The summed E-state index contributed by atoms with van der Waals surface area (Å²) in [6, 6.07) is 8.93. The molecule has 0 spiro atoms. The van der Waals surface area contributed by atoms with Gasteiger partial charge in [-0.05, 0) is 24.8 Å². The Balaban J connectivity index is 1.90. The number of piperazine rings is 1. The van der Waals surface area contributed by atoms with Gasteiger partial charge < -0.3 is 26.2 Å². The van der Waals surface area contributed by atoms with Gasteiger partial charge in [-0.15, -0.1) is 0 Å². The minimum absolute atomic E-state index is 0.00238. The molecule has 132 valence electrons. The summed E-state index contributed by atoms with van der Waals surface area (Å²) in [5, 5.41) is 5.70. The van der Waals surface area contributed by atoms with Gasteiger partial charge in [0.05, 0.1) is 5.70 Å². The van der Waals surface area contributed by atoms with Crippen LogP contribution in [0.4, 0.5) is 4.79 Å². The van der Waals surface area contributed by atoms with Gasteiger partial charge in [-0.25, -0.2) is 4.79 Å². The maximum absolute atomic E-state index is 13.4. The molecule has 7 heteroatoms. The largest absolute Gasteiger partial charge is 0.369 e. The van der Waals surface area contributed by atoms with Crippen molar-refractivity contribution in [1.82, 2.24) is 20.4 Å². The van der Waals surface area contributed by atoms with Crippen molar-refractivity contribution in [3.8, 4) is 0 Å². The van der Waals surface area contributed by atoms with Crippen LogP contribution in [0.1, 0.15) is 5.56 Å². The molecule has 1 atom stereocenters. The average Bonchev–Trinajstić information content (AvgIpc) is 2.63. The summed E-state index contributed by atoms with van der Waals surface area (Å²) < 4.78 is 0. The minimum atomic E-state index is -0.986. The first-order valence-electron chi connectivity index (χ1n) is 8.28. The SMILES string of the molecule is CN1CCN(C(=O)C2(c3ccccc3)C=CC(NC(N)=O)=CN2)CC1. The van der Waals surface area contributed by atoms with E-state index < -0.39 is 11.6 Å². The Morgan fingerprint density at radius 2 is 1.84 bits per heavy atom. The lowest BCUT2D eigenvalue weighted by Crippen LogP contribution is -2.58. The number of carbonyl (C=O) groups is 2. The third-order valence-electron chi connectivity index (χ3n) is 4.59. The second kappa shape index (κ2) is 6.98. The number of carbonyl (C=O) groups excluding carboxylic acids is 2. The number of dihydropyridines is 1. The molecule has 1 saturated heterocycles. The van der Waals surface area contributed by atoms with Crippen molar-refractivity contribution in [1.29, 1.82) is 0 Å². The summed E-state index contributed by atoms with van der Waals surface area (Å²) in [5.74, 6) is -0.00238. The summed E-state index contributed by atoms with van der Waals surface area (Å²) in [5.41, 5.74) is 5.54. The summed E-state index contributed by atoms with van der Waals surface area (Å²) in [6.45, 7) is 3.08. The van der Waals surface area contributed by atoms with Gasteiger partial charge in [-0.2, -0.15) is 0 Å². The normalized spacial score (nSPS) is 23.6. The van der Waals surface area contributed by atoms with Crippen molar-refractivity contribution < 1.29 is 9.59 Å². The number of allylic oxidation sites excluding steroid dienone is 1. The molecule has 7 nitrogen and oxygen atoms in total. The van der Waals surface area contributed by atoms with Crippen LogP contribution in [0, 0.1) is 0 Å². The zero-order valence-electron chi connectivity index (χ0n) is 14.2. The van der Waals surface area contributed by atoms with E-state index in [0.29, 0.717) is 18.8 Å². The molecule has 25 heavy (non-hydrogen) atoms. The van der Waals surface area contributed by atoms with E-state index in [4.69, 9.17) is 5.73 Å². The highest BCUT2D eigenvalue weighted by molar-refractivity contribution is 5.91. The number of hydrogen-bond donors (Lipinski definition) is 3. The fraction of sp³-hybridized carbons (Fsp3) is 0.333. The van der Waals surface area contributed by atoms with Crippen LogP contribution in [0.15, 0.2) is 54.4 Å². The van der Waals surface area contributed by atoms with Crippen LogP contribution in [0.5, 0.6) is 0 Å². The van der Waals surface area contributed by atoms with E-state index in [1.165, 1.54) is 0 Å². The Morgan fingerprint density at radius 3 is 2.40 bits per heavy atom.